The molecule has 0 spiro atoms. The second kappa shape index (κ2) is 7.87. The molecule has 0 bridgehead atoms. The molecule has 0 aliphatic rings. The summed E-state index contributed by atoms with van der Waals surface area (Å²) in [6.45, 7) is 0. The lowest BCUT2D eigenvalue weighted by Crippen LogP contribution is -2.39. The van der Waals surface area contributed by atoms with Gasteiger partial charge in [-0.3, -0.25) is 4.55 Å². The monoisotopic (exact) mass is 492 g/mol. The molecule has 0 heterocycles. The number of halogens is 4. The lowest BCUT2D eigenvalue weighted by Gasteiger charge is -2.35. The molecule has 0 saturated carbocycles. The van der Waals surface area contributed by atoms with Gasteiger partial charge in [-0.2, -0.15) is 8.42 Å². The Kier molecular flexibility index (Phi) is 5.98. The summed E-state index contributed by atoms with van der Waals surface area (Å²) in [6.07, 6.45) is 0. The Bertz CT molecular complexity index is 1210. The Morgan fingerprint density at radius 2 is 1.38 bits per heavy atom. The van der Waals surface area contributed by atoms with E-state index in [0.717, 1.165) is 12.1 Å². The van der Waals surface area contributed by atoms with E-state index in [2.05, 4.69) is 0 Å². The number of rotatable bonds is 4. The third-order valence-electron chi connectivity index (χ3n) is 4.40. The van der Waals surface area contributed by atoms with E-state index in [9.17, 15) is 23.2 Å². The van der Waals surface area contributed by atoms with Gasteiger partial charge in [0.25, 0.3) is 10.1 Å². The molecule has 0 radical (unpaired) electrons. The summed E-state index contributed by atoms with van der Waals surface area (Å²) < 4.78 is 34.0. The van der Waals surface area contributed by atoms with Crippen molar-refractivity contribution in [1.82, 2.24) is 0 Å². The highest BCUT2D eigenvalue weighted by molar-refractivity contribution is 7.87. The van der Waals surface area contributed by atoms with E-state index >= 15 is 0 Å². The van der Waals surface area contributed by atoms with Gasteiger partial charge in [0.1, 0.15) is 11.5 Å². The van der Waals surface area contributed by atoms with E-state index in [0.29, 0.717) is 0 Å². The summed E-state index contributed by atoms with van der Waals surface area (Å²) in [4.78, 5) is 0. The smallest absolute Gasteiger partial charge is 0.283 e. The van der Waals surface area contributed by atoms with Crippen molar-refractivity contribution in [3.05, 3.63) is 91.4 Å². The van der Waals surface area contributed by atoms with Crippen molar-refractivity contribution >= 4 is 56.5 Å². The van der Waals surface area contributed by atoms with Gasteiger partial charge in [-0.25, -0.2) is 0 Å². The Morgan fingerprint density at radius 3 is 1.97 bits per heavy atom. The van der Waals surface area contributed by atoms with Crippen molar-refractivity contribution in [1.29, 1.82) is 0 Å². The first-order chi connectivity index (χ1) is 13.5. The van der Waals surface area contributed by atoms with Crippen molar-refractivity contribution in [2.24, 2.45) is 0 Å². The maximum Gasteiger partial charge on any atom is 0.283 e. The molecule has 3 aromatic rings. The minimum Gasteiger partial charge on any atom is -0.508 e. The zero-order valence-electron chi connectivity index (χ0n) is 14.3. The largest absolute Gasteiger partial charge is 0.508 e. The Labute approximate surface area is 186 Å². The van der Waals surface area contributed by atoms with Crippen LogP contribution in [0.25, 0.3) is 0 Å². The number of hydrogen-bond donors (Lipinski definition) is 3. The lowest BCUT2D eigenvalue weighted by atomic mass is 9.83. The Hall–Kier alpha value is -1.67. The van der Waals surface area contributed by atoms with Crippen LogP contribution in [0.5, 0.6) is 11.5 Å². The molecule has 29 heavy (non-hydrogen) atoms. The van der Waals surface area contributed by atoms with Crippen LogP contribution in [0.15, 0.2) is 54.6 Å². The van der Waals surface area contributed by atoms with Gasteiger partial charge in [0, 0.05) is 26.7 Å². The molecular formula is C19H12Cl4O5S. The zero-order chi connectivity index (χ0) is 21.6. The van der Waals surface area contributed by atoms with Crippen LogP contribution in [0.1, 0.15) is 16.7 Å². The SMILES string of the molecule is O=S(=O)(O)C(c1ccccc1Cl)(c1ccc(O)cc1Cl)c1c(O)ccc(Cl)c1Cl. The first-order valence-electron chi connectivity index (χ1n) is 7.90. The van der Waals surface area contributed by atoms with Crippen LogP contribution in [0.3, 0.4) is 0 Å². The molecule has 0 fully saturated rings. The topological polar surface area (TPSA) is 94.8 Å². The predicted molar refractivity (Wildman–Crippen MR) is 114 cm³/mol. The highest BCUT2D eigenvalue weighted by atomic mass is 35.5. The van der Waals surface area contributed by atoms with Crippen LogP contribution < -0.4 is 0 Å². The summed E-state index contributed by atoms with van der Waals surface area (Å²) in [5, 5.41) is 19.7. The molecule has 0 aliphatic heterocycles. The molecule has 1 atom stereocenters. The number of phenols is 2. The van der Waals surface area contributed by atoms with Crippen LogP contribution in [-0.2, 0) is 14.9 Å². The fourth-order valence-electron chi connectivity index (χ4n) is 3.23. The molecule has 3 aromatic carbocycles. The number of benzene rings is 3. The van der Waals surface area contributed by atoms with E-state index in [-0.39, 0.29) is 37.0 Å². The van der Waals surface area contributed by atoms with Crippen molar-refractivity contribution < 1.29 is 23.2 Å². The Morgan fingerprint density at radius 1 is 0.759 bits per heavy atom. The van der Waals surface area contributed by atoms with Crippen LogP contribution >= 0.6 is 46.4 Å². The molecular weight excluding hydrogens is 482 g/mol. The van der Waals surface area contributed by atoms with E-state index in [1.165, 1.54) is 36.4 Å². The first-order valence-corrected chi connectivity index (χ1v) is 10.9. The van der Waals surface area contributed by atoms with Gasteiger partial charge in [0.2, 0.25) is 0 Å². The molecule has 1 unspecified atom stereocenters. The van der Waals surface area contributed by atoms with Crippen molar-refractivity contribution in [3.63, 3.8) is 0 Å². The average Bonchev–Trinajstić information content (AvgIpc) is 2.62. The van der Waals surface area contributed by atoms with Crippen molar-refractivity contribution in [2.45, 2.75) is 4.75 Å². The molecule has 3 N–H and O–H groups in total. The van der Waals surface area contributed by atoms with Crippen LogP contribution in [0.4, 0.5) is 0 Å². The van der Waals surface area contributed by atoms with E-state index < -0.39 is 26.2 Å². The normalized spacial score (nSPS) is 13.8. The van der Waals surface area contributed by atoms with Gasteiger partial charge in [-0.1, -0.05) is 70.7 Å². The highest BCUT2D eigenvalue weighted by Gasteiger charge is 2.53. The second-order valence-corrected chi connectivity index (χ2v) is 9.22. The maximum absolute atomic E-state index is 13.0. The summed E-state index contributed by atoms with van der Waals surface area (Å²) in [6, 6.07) is 11.6. The van der Waals surface area contributed by atoms with Crippen LogP contribution in [0.2, 0.25) is 20.1 Å². The number of hydrogen-bond acceptors (Lipinski definition) is 4. The fraction of sp³-hybridized carbons (Fsp3) is 0.0526. The van der Waals surface area contributed by atoms with Gasteiger partial charge in [0.05, 0.1) is 10.0 Å². The minimum atomic E-state index is -5.16. The summed E-state index contributed by atoms with van der Waals surface area (Å²) in [7, 11) is -5.16. The highest BCUT2D eigenvalue weighted by Crippen LogP contribution is 2.54. The molecule has 0 saturated heterocycles. The minimum absolute atomic E-state index is 0.0512. The second-order valence-electron chi connectivity index (χ2n) is 6.06. The molecule has 0 amide bonds. The third-order valence-corrected chi connectivity index (χ3v) is 7.26. The number of phenolic OH excluding ortho intramolecular Hbond substituents is 2. The molecule has 152 valence electrons. The van der Waals surface area contributed by atoms with Gasteiger partial charge < -0.3 is 10.2 Å². The van der Waals surface area contributed by atoms with E-state index in [1.54, 1.807) is 6.07 Å². The molecule has 3 rings (SSSR count). The van der Waals surface area contributed by atoms with Gasteiger partial charge >= 0.3 is 0 Å². The van der Waals surface area contributed by atoms with Crippen molar-refractivity contribution in [2.75, 3.05) is 0 Å². The van der Waals surface area contributed by atoms with Gasteiger partial charge in [-0.15, -0.1) is 0 Å². The summed E-state index contributed by atoms with van der Waals surface area (Å²) >= 11 is 25.0. The van der Waals surface area contributed by atoms with Crippen LogP contribution in [0, 0.1) is 0 Å². The fourth-order valence-corrected chi connectivity index (χ4v) is 5.83. The first kappa shape index (κ1) is 22.0. The predicted octanol–water partition coefficient (Wildman–Crippen LogP) is 5.89. The Balaban J connectivity index is 2.68. The van der Waals surface area contributed by atoms with Crippen molar-refractivity contribution in [3.8, 4) is 11.5 Å². The molecule has 5 nitrogen and oxygen atoms in total. The standard InChI is InChI=1S/C19H12Cl4O5S/c20-13-4-2-1-3-11(13)19(29(26,27)28,12-6-5-10(24)9-15(12)22)17-16(25)8-7-14(21)18(17)23/h1-9,24-25H,(H,26,27,28). The van der Waals surface area contributed by atoms with Gasteiger partial charge in [0.15, 0.2) is 4.75 Å². The lowest BCUT2D eigenvalue weighted by molar-refractivity contribution is 0.440. The molecule has 0 aliphatic carbocycles. The van der Waals surface area contributed by atoms with Crippen LogP contribution in [-0.4, -0.2) is 23.2 Å². The summed E-state index contributed by atoms with van der Waals surface area (Å²) in [5.41, 5.74) is -0.766. The van der Waals surface area contributed by atoms with E-state index in [1.807, 2.05) is 0 Å². The quantitative estimate of drug-likeness (QED) is 0.311. The average molecular weight is 494 g/mol. The third kappa shape index (κ3) is 3.54. The van der Waals surface area contributed by atoms with Gasteiger partial charge in [-0.05, 0) is 30.3 Å². The molecule has 0 aromatic heterocycles. The maximum atomic E-state index is 13.0. The molecule has 10 heteroatoms. The number of aromatic hydroxyl groups is 2. The van der Waals surface area contributed by atoms with E-state index in [4.69, 9.17) is 46.4 Å². The summed E-state index contributed by atoms with van der Waals surface area (Å²) in [5.74, 6) is -0.815. The zero-order valence-corrected chi connectivity index (χ0v) is 18.1.